The average molecular weight is 432 g/mol. The molecule has 4 rings (SSSR count). The molecule has 164 valence electrons. The maximum absolute atomic E-state index is 12.7. The molecule has 1 aliphatic rings. The zero-order valence-electron chi connectivity index (χ0n) is 17.9. The van der Waals surface area contributed by atoms with Gasteiger partial charge in [0.1, 0.15) is 5.82 Å². The molecular formula is C24H24N4O4. The van der Waals surface area contributed by atoms with Crippen molar-refractivity contribution in [1.82, 2.24) is 9.66 Å². The summed E-state index contributed by atoms with van der Waals surface area (Å²) in [5.41, 5.74) is 5.20. The minimum atomic E-state index is -0.616. The summed E-state index contributed by atoms with van der Waals surface area (Å²) in [4.78, 5) is 41.6. The van der Waals surface area contributed by atoms with E-state index in [2.05, 4.69) is 15.7 Å². The number of aromatic nitrogens is 2. The fourth-order valence-corrected chi connectivity index (χ4v) is 3.30. The molecule has 0 spiro atoms. The lowest BCUT2D eigenvalue weighted by Gasteiger charge is -2.11. The van der Waals surface area contributed by atoms with E-state index in [0.717, 1.165) is 12.8 Å². The predicted molar refractivity (Wildman–Crippen MR) is 120 cm³/mol. The first-order valence-corrected chi connectivity index (χ1v) is 10.4. The fraction of sp³-hybridized carbons (Fsp3) is 0.250. The Bertz CT molecular complexity index is 1150. The molecule has 1 fully saturated rings. The number of amides is 1. The number of carbonyl (C=O) groups excluding carboxylic acids is 3. The van der Waals surface area contributed by atoms with Crippen LogP contribution in [0.1, 0.15) is 55.3 Å². The second-order valence-electron chi connectivity index (χ2n) is 7.78. The SMILES string of the molecule is Cc1cc(C(=O)COC(=O)c2ccc(NC3CC3)nc2)c(C)n1NC(=O)c1ccccc1. The zero-order valence-corrected chi connectivity index (χ0v) is 17.9. The van der Waals surface area contributed by atoms with E-state index in [-0.39, 0.29) is 17.3 Å². The molecule has 2 N–H and O–H groups in total. The van der Waals surface area contributed by atoms with E-state index in [1.165, 1.54) is 6.20 Å². The van der Waals surface area contributed by atoms with Crippen LogP contribution in [-0.2, 0) is 4.74 Å². The summed E-state index contributed by atoms with van der Waals surface area (Å²) >= 11 is 0. The largest absolute Gasteiger partial charge is 0.454 e. The van der Waals surface area contributed by atoms with Crippen LogP contribution < -0.4 is 10.7 Å². The second kappa shape index (κ2) is 9.05. The summed E-state index contributed by atoms with van der Waals surface area (Å²) in [5.74, 6) is -0.545. The van der Waals surface area contributed by atoms with Crippen LogP contribution in [0, 0.1) is 13.8 Å². The van der Waals surface area contributed by atoms with Crippen molar-refractivity contribution in [1.29, 1.82) is 0 Å². The van der Waals surface area contributed by atoms with Crippen LogP contribution in [0.4, 0.5) is 5.82 Å². The van der Waals surface area contributed by atoms with Gasteiger partial charge in [0.25, 0.3) is 5.91 Å². The number of Topliss-reactive ketones (excluding diaryl/α,β-unsaturated/α-hetero) is 1. The third kappa shape index (κ3) is 4.85. The Labute approximate surface area is 185 Å². The zero-order chi connectivity index (χ0) is 22.7. The topological polar surface area (TPSA) is 102 Å². The van der Waals surface area contributed by atoms with E-state index in [1.807, 2.05) is 6.07 Å². The highest BCUT2D eigenvalue weighted by atomic mass is 16.5. The summed E-state index contributed by atoms with van der Waals surface area (Å²) < 4.78 is 6.74. The van der Waals surface area contributed by atoms with Crippen molar-refractivity contribution in [3.05, 3.63) is 82.8 Å². The van der Waals surface area contributed by atoms with Gasteiger partial charge in [0.15, 0.2) is 6.61 Å². The maximum atomic E-state index is 12.7. The van der Waals surface area contributed by atoms with Gasteiger partial charge in [0.05, 0.1) is 5.56 Å². The van der Waals surface area contributed by atoms with E-state index >= 15 is 0 Å². The Morgan fingerprint density at radius 2 is 1.81 bits per heavy atom. The van der Waals surface area contributed by atoms with Gasteiger partial charge in [0, 0.05) is 34.8 Å². The predicted octanol–water partition coefficient (Wildman–Crippen LogP) is 3.50. The highest BCUT2D eigenvalue weighted by molar-refractivity contribution is 6.02. The Hall–Kier alpha value is -3.94. The van der Waals surface area contributed by atoms with E-state index in [4.69, 9.17) is 4.74 Å². The molecule has 0 saturated heterocycles. The summed E-state index contributed by atoms with van der Waals surface area (Å²) in [5, 5.41) is 3.24. The molecule has 0 atom stereocenters. The number of aryl methyl sites for hydroxylation is 1. The Morgan fingerprint density at radius 1 is 1.06 bits per heavy atom. The van der Waals surface area contributed by atoms with Crippen LogP contribution in [-0.4, -0.2) is 40.0 Å². The summed E-state index contributed by atoms with van der Waals surface area (Å²) in [7, 11) is 0. The molecule has 0 unspecified atom stereocenters. The molecule has 2 heterocycles. The van der Waals surface area contributed by atoms with Crippen molar-refractivity contribution in [2.45, 2.75) is 32.7 Å². The van der Waals surface area contributed by atoms with Crippen molar-refractivity contribution < 1.29 is 19.1 Å². The van der Waals surface area contributed by atoms with Gasteiger partial charge in [-0.1, -0.05) is 18.2 Å². The van der Waals surface area contributed by atoms with Crippen LogP contribution in [0.3, 0.4) is 0 Å². The molecule has 0 aliphatic heterocycles. The number of anilines is 1. The second-order valence-corrected chi connectivity index (χ2v) is 7.78. The van der Waals surface area contributed by atoms with Gasteiger partial charge < -0.3 is 10.1 Å². The number of hydrogen-bond acceptors (Lipinski definition) is 6. The van der Waals surface area contributed by atoms with Crippen LogP contribution in [0.2, 0.25) is 0 Å². The van der Waals surface area contributed by atoms with E-state index in [0.29, 0.717) is 34.4 Å². The third-order valence-electron chi connectivity index (χ3n) is 5.24. The van der Waals surface area contributed by atoms with Crippen molar-refractivity contribution >= 4 is 23.5 Å². The number of esters is 1. The van der Waals surface area contributed by atoms with Crippen molar-refractivity contribution in [2.24, 2.45) is 0 Å². The fourth-order valence-electron chi connectivity index (χ4n) is 3.30. The quantitative estimate of drug-likeness (QED) is 0.417. The Kier molecular flexibility index (Phi) is 6.02. The summed E-state index contributed by atoms with van der Waals surface area (Å²) in [6.07, 6.45) is 3.69. The minimum absolute atomic E-state index is 0.278. The number of ketones is 1. The number of benzene rings is 1. The molecule has 8 nitrogen and oxygen atoms in total. The molecule has 1 saturated carbocycles. The van der Waals surface area contributed by atoms with Gasteiger partial charge in [-0.3, -0.25) is 19.7 Å². The lowest BCUT2D eigenvalue weighted by molar-refractivity contribution is 0.0474. The number of hydrogen-bond donors (Lipinski definition) is 2. The first kappa shape index (κ1) is 21.3. The van der Waals surface area contributed by atoms with Crippen LogP contribution >= 0.6 is 0 Å². The van der Waals surface area contributed by atoms with Crippen molar-refractivity contribution in [3.8, 4) is 0 Å². The molecule has 3 aromatic rings. The summed E-state index contributed by atoms with van der Waals surface area (Å²) in [6.45, 7) is 3.10. The van der Waals surface area contributed by atoms with Crippen molar-refractivity contribution in [3.63, 3.8) is 0 Å². The standard InChI is InChI=1S/C24H24N4O4/c1-15-12-20(16(2)28(15)27-23(30)17-6-4-3-5-7-17)21(29)14-32-24(31)18-8-11-22(25-13-18)26-19-9-10-19/h3-8,11-13,19H,9-10,14H2,1-2H3,(H,25,26)(H,27,30). The van der Waals surface area contributed by atoms with E-state index in [1.54, 1.807) is 61.0 Å². The normalized spacial score (nSPS) is 12.8. The lowest BCUT2D eigenvalue weighted by atomic mass is 10.1. The van der Waals surface area contributed by atoms with Gasteiger partial charge in [-0.15, -0.1) is 0 Å². The van der Waals surface area contributed by atoms with E-state index < -0.39 is 12.6 Å². The minimum Gasteiger partial charge on any atom is -0.454 e. The van der Waals surface area contributed by atoms with Crippen LogP contribution in [0.25, 0.3) is 0 Å². The molecule has 2 aromatic heterocycles. The average Bonchev–Trinajstić information content (AvgIpc) is 3.58. The number of nitrogens with zero attached hydrogens (tertiary/aromatic N) is 2. The Morgan fingerprint density at radius 3 is 2.47 bits per heavy atom. The molecule has 32 heavy (non-hydrogen) atoms. The third-order valence-corrected chi connectivity index (χ3v) is 5.24. The molecule has 1 amide bonds. The van der Waals surface area contributed by atoms with Gasteiger partial charge in [-0.2, -0.15) is 0 Å². The number of pyridine rings is 1. The first-order valence-electron chi connectivity index (χ1n) is 10.4. The first-order chi connectivity index (χ1) is 15.4. The molecule has 1 aliphatic carbocycles. The number of carbonyl (C=O) groups is 3. The lowest BCUT2D eigenvalue weighted by Crippen LogP contribution is -2.25. The molecule has 0 bridgehead atoms. The van der Waals surface area contributed by atoms with E-state index in [9.17, 15) is 14.4 Å². The van der Waals surface area contributed by atoms with Crippen LogP contribution in [0.15, 0.2) is 54.7 Å². The number of rotatable bonds is 8. The maximum Gasteiger partial charge on any atom is 0.340 e. The molecular weight excluding hydrogens is 408 g/mol. The highest BCUT2D eigenvalue weighted by Gasteiger charge is 2.22. The number of ether oxygens (including phenoxy) is 1. The van der Waals surface area contributed by atoms with Gasteiger partial charge >= 0.3 is 5.97 Å². The van der Waals surface area contributed by atoms with Crippen LogP contribution in [0.5, 0.6) is 0 Å². The summed E-state index contributed by atoms with van der Waals surface area (Å²) in [6, 6.07) is 14.3. The molecule has 1 aromatic carbocycles. The van der Waals surface area contributed by atoms with Gasteiger partial charge in [0.2, 0.25) is 5.78 Å². The smallest absolute Gasteiger partial charge is 0.340 e. The monoisotopic (exact) mass is 432 g/mol. The van der Waals surface area contributed by atoms with Gasteiger partial charge in [-0.05, 0) is 57.0 Å². The molecule has 8 heteroatoms. The molecule has 0 radical (unpaired) electrons. The Balaban J connectivity index is 1.37. The van der Waals surface area contributed by atoms with Gasteiger partial charge in [-0.25, -0.2) is 9.78 Å². The number of nitrogens with one attached hydrogen (secondary N) is 2. The highest BCUT2D eigenvalue weighted by Crippen LogP contribution is 2.23. The van der Waals surface area contributed by atoms with Crippen molar-refractivity contribution in [2.75, 3.05) is 17.3 Å².